The molecule has 19 heteroatoms. The van der Waals surface area contributed by atoms with Crippen molar-refractivity contribution in [2.75, 3.05) is 19.8 Å². The maximum Gasteiger partial charge on any atom is 0.470 e. The summed E-state index contributed by atoms with van der Waals surface area (Å²) < 4.78 is 61.6. The van der Waals surface area contributed by atoms with Crippen molar-refractivity contribution in [2.24, 2.45) is 0 Å². The van der Waals surface area contributed by atoms with Crippen LogP contribution in [0.15, 0.2) is 0 Å². The van der Waals surface area contributed by atoms with Crippen molar-refractivity contribution in [1.29, 1.82) is 0 Å². The Hall–Kier alpha value is 0.170. The van der Waals surface area contributed by atoms with Gasteiger partial charge in [-0.15, -0.1) is 0 Å². The third-order valence-corrected chi connectivity index (χ3v) is 5.11. The maximum absolute atomic E-state index is 11.1. The third-order valence-electron chi connectivity index (χ3n) is 3.50. The van der Waals surface area contributed by atoms with Crippen LogP contribution in [0.2, 0.25) is 0 Å². The zero-order valence-electron chi connectivity index (χ0n) is 13.7. The van der Waals surface area contributed by atoms with Gasteiger partial charge < -0.3 is 48.7 Å². The van der Waals surface area contributed by atoms with E-state index in [1.54, 1.807) is 0 Å². The zero-order chi connectivity index (χ0) is 21.3. The van der Waals surface area contributed by atoms with Crippen molar-refractivity contribution in [3.8, 4) is 0 Å². The van der Waals surface area contributed by atoms with E-state index >= 15 is 0 Å². The van der Waals surface area contributed by atoms with Gasteiger partial charge in [-0.1, -0.05) is 0 Å². The molecule has 0 saturated carbocycles. The molecule has 0 spiro atoms. The Morgan fingerprint density at radius 2 is 1.21 bits per heavy atom. The lowest BCUT2D eigenvalue weighted by molar-refractivity contribution is -0.281. The predicted octanol–water partition coefficient (Wildman–Crippen LogP) is -2.45. The smallest absolute Gasteiger partial charge is 0.385 e. The molecule has 0 aromatic heterocycles. The summed E-state index contributed by atoms with van der Waals surface area (Å²) in [7, 11) is -15.3. The van der Waals surface area contributed by atoms with Gasteiger partial charge >= 0.3 is 23.5 Å². The molecular weight excluding hydrogens is 457 g/mol. The second kappa shape index (κ2) is 9.12. The minimum Gasteiger partial charge on any atom is -0.385 e. The highest BCUT2D eigenvalue weighted by atomic mass is 31.2. The minimum absolute atomic E-state index is 0.219. The molecule has 2 rings (SSSR count). The molecule has 0 aliphatic carbocycles. The number of hydrogen-bond acceptors (Lipinski definition) is 10. The van der Waals surface area contributed by atoms with Gasteiger partial charge in [-0.25, -0.2) is 13.7 Å². The van der Waals surface area contributed by atoms with Crippen LogP contribution < -0.4 is 0 Å². The summed E-state index contributed by atoms with van der Waals surface area (Å²) in [4.78, 5) is 53.4. The maximum atomic E-state index is 11.1. The van der Waals surface area contributed by atoms with Gasteiger partial charge in [0, 0.05) is 0 Å². The Morgan fingerprint density at radius 1 is 0.714 bits per heavy atom. The van der Waals surface area contributed by atoms with Gasteiger partial charge in [0.15, 0.2) is 6.29 Å². The molecule has 2 fully saturated rings. The second-order valence-electron chi connectivity index (χ2n) is 5.73. The van der Waals surface area contributed by atoms with Gasteiger partial charge in [0.05, 0.1) is 19.8 Å². The molecule has 0 aromatic rings. The molecule has 2 saturated heterocycles. The van der Waals surface area contributed by atoms with Gasteiger partial charge in [-0.3, -0.25) is 13.6 Å². The number of ether oxygens (including phenoxy) is 3. The van der Waals surface area contributed by atoms with Crippen LogP contribution in [0.4, 0.5) is 0 Å². The summed E-state index contributed by atoms with van der Waals surface area (Å²) in [5.41, 5.74) is 0. The Kier molecular flexibility index (Phi) is 7.96. The second-order valence-corrected chi connectivity index (χ2v) is 9.31. The normalized spacial score (nSPS) is 35.2. The Bertz CT molecular complexity index is 666. The molecule has 6 atom stereocenters. The van der Waals surface area contributed by atoms with Crippen molar-refractivity contribution >= 4 is 23.5 Å². The fourth-order valence-electron chi connectivity index (χ4n) is 2.52. The summed E-state index contributed by atoms with van der Waals surface area (Å²) in [5, 5.41) is 10.3. The van der Waals surface area contributed by atoms with Gasteiger partial charge in [-0.05, 0) is 0 Å². The first-order valence-corrected chi connectivity index (χ1v) is 12.0. The molecule has 2 aliphatic rings. The van der Waals surface area contributed by atoms with Gasteiger partial charge in [-0.2, -0.15) is 0 Å². The average Bonchev–Trinajstić information content (AvgIpc) is 2.88. The van der Waals surface area contributed by atoms with Gasteiger partial charge in [0.25, 0.3) is 0 Å². The quantitative estimate of drug-likeness (QED) is 0.180. The van der Waals surface area contributed by atoms with Crippen molar-refractivity contribution in [3.05, 3.63) is 0 Å². The summed E-state index contributed by atoms with van der Waals surface area (Å²) in [5.74, 6) is 0. The van der Waals surface area contributed by atoms with Crippen LogP contribution >= 0.6 is 23.5 Å². The van der Waals surface area contributed by atoms with Crippen molar-refractivity contribution < 1.29 is 75.9 Å². The van der Waals surface area contributed by atoms with E-state index < -0.39 is 66.9 Å². The molecule has 0 unspecified atom stereocenters. The van der Waals surface area contributed by atoms with E-state index in [0.717, 1.165) is 0 Å². The Balaban J connectivity index is 2.11. The molecule has 2 heterocycles. The molecule has 7 N–H and O–H groups in total. The molecule has 0 amide bonds. The molecule has 0 radical (unpaired) electrons. The number of rotatable bonds is 8. The molecular formula is C9H19O16P3. The number of hydrogen-bond donors (Lipinski definition) is 7. The first-order valence-electron chi connectivity index (χ1n) is 7.39. The summed E-state index contributed by atoms with van der Waals surface area (Å²) in [6.07, 6.45) is -9.85. The fourth-order valence-corrected chi connectivity index (χ4v) is 4.18. The van der Waals surface area contributed by atoms with Crippen molar-refractivity contribution in [3.63, 3.8) is 0 Å². The molecule has 0 bridgehead atoms. The van der Waals surface area contributed by atoms with Crippen LogP contribution in [0.25, 0.3) is 0 Å². The standard InChI is InChI=1S/C9H19O16P3/c10-7-8(25-28(17,18)19)6(24-27(14,15)16)3-21-9(7)22-4-1-20-2-5(4)23-26(11,12)13/h4-10H,1-3H2,(H2,11,12,13)(H2,14,15,16)(H2,17,18,19)/t4-,5+,6+,7+,8-,9+/m0/s1. The van der Waals surface area contributed by atoms with Crippen LogP contribution in [-0.4, -0.2) is 91.1 Å². The molecule has 2 aliphatic heterocycles. The molecule has 16 nitrogen and oxygen atoms in total. The fraction of sp³-hybridized carbons (Fsp3) is 1.00. The van der Waals surface area contributed by atoms with E-state index in [1.807, 2.05) is 0 Å². The highest BCUT2D eigenvalue weighted by molar-refractivity contribution is 7.46. The van der Waals surface area contributed by atoms with E-state index in [1.165, 1.54) is 0 Å². The van der Waals surface area contributed by atoms with Crippen molar-refractivity contribution in [2.45, 2.75) is 36.8 Å². The highest BCUT2D eigenvalue weighted by Crippen LogP contribution is 2.46. The minimum atomic E-state index is -5.23. The first kappa shape index (κ1) is 24.4. The lowest BCUT2D eigenvalue weighted by atomic mass is 10.1. The van der Waals surface area contributed by atoms with Crippen LogP contribution in [0.5, 0.6) is 0 Å². The average molecular weight is 476 g/mol. The number of aliphatic hydroxyl groups excluding tert-OH is 1. The van der Waals surface area contributed by atoms with E-state index in [2.05, 4.69) is 13.6 Å². The molecule has 0 aromatic carbocycles. The van der Waals surface area contributed by atoms with E-state index in [4.69, 9.17) is 43.6 Å². The monoisotopic (exact) mass is 476 g/mol. The highest BCUT2D eigenvalue weighted by Gasteiger charge is 2.49. The summed E-state index contributed by atoms with van der Waals surface area (Å²) >= 11 is 0. The van der Waals surface area contributed by atoms with E-state index in [-0.39, 0.29) is 13.2 Å². The lowest BCUT2D eigenvalue weighted by Gasteiger charge is -2.40. The van der Waals surface area contributed by atoms with Crippen LogP contribution in [0.1, 0.15) is 0 Å². The predicted molar refractivity (Wildman–Crippen MR) is 82.2 cm³/mol. The summed E-state index contributed by atoms with van der Waals surface area (Å²) in [6.45, 7) is -1.19. The van der Waals surface area contributed by atoms with Crippen LogP contribution in [0, 0.1) is 0 Å². The molecule has 166 valence electrons. The number of phosphoric ester groups is 3. The topological polar surface area (TPSA) is 248 Å². The molecule has 28 heavy (non-hydrogen) atoms. The largest absolute Gasteiger partial charge is 0.470 e. The van der Waals surface area contributed by atoms with Gasteiger partial charge in [0.1, 0.15) is 30.5 Å². The van der Waals surface area contributed by atoms with E-state index in [9.17, 15) is 18.8 Å². The van der Waals surface area contributed by atoms with E-state index in [0.29, 0.717) is 0 Å². The number of aliphatic hydroxyl groups is 1. The number of phosphoric acid groups is 3. The summed E-state index contributed by atoms with van der Waals surface area (Å²) in [6, 6.07) is 0. The van der Waals surface area contributed by atoms with Crippen molar-refractivity contribution in [1.82, 2.24) is 0 Å². The lowest BCUT2D eigenvalue weighted by Crippen LogP contribution is -2.56. The van der Waals surface area contributed by atoms with Crippen LogP contribution in [0.3, 0.4) is 0 Å². The Morgan fingerprint density at radius 3 is 1.75 bits per heavy atom. The van der Waals surface area contributed by atoms with Crippen LogP contribution in [-0.2, 0) is 41.5 Å². The zero-order valence-corrected chi connectivity index (χ0v) is 16.4. The Labute approximate surface area is 157 Å². The third kappa shape index (κ3) is 7.78. The SMILES string of the molecule is O=P(O)(O)O[C@@H]1[C@@H](O)[C@@H](O[C@H]2COC[C@H]2OP(=O)(O)O)OC[C@H]1OP(=O)(O)O. The van der Waals surface area contributed by atoms with Gasteiger partial charge in [0.2, 0.25) is 0 Å². The first-order chi connectivity index (χ1) is 12.6.